The van der Waals surface area contributed by atoms with Crippen LogP contribution in [0.2, 0.25) is 0 Å². The van der Waals surface area contributed by atoms with Gasteiger partial charge in [-0.2, -0.15) is 0 Å². The normalized spacial score (nSPS) is 20.8. The van der Waals surface area contributed by atoms with Crippen molar-refractivity contribution >= 4 is 57.7 Å². The molecule has 2 aliphatic heterocycles. The summed E-state index contributed by atoms with van der Waals surface area (Å²) in [5.41, 5.74) is 2.37. The summed E-state index contributed by atoms with van der Waals surface area (Å²) in [4.78, 5) is 18.2. The number of thioether (sulfide) groups is 2. The van der Waals surface area contributed by atoms with Gasteiger partial charge in [0.15, 0.2) is 0 Å². The first kappa shape index (κ1) is 14.0. The van der Waals surface area contributed by atoms with Crippen molar-refractivity contribution in [2.45, 2.75) is 4.90 Å². The molecule has 0 spiro atoms. The lowest BCUT2D eigenvalue weighted by Crippen LogP contribution is -2.24. The fraction of sp³-hybridized carbons (Fsp3) is 0.286. The van der Waals surface area contributed by atoms with Gasteiger partial charge < -0.3 is 4.90 Å². The number of nitrogens with zero attached hydrogens (tertiary/aromatic N) is 2. The molecule has 0 atom stereocenters. The number of thiocarbonyl (C=S) groups is 1. The molecule has 0 bridgehead atoms. The lowest BCUT2D eigenvalue weighted by molar-refractivity contribution is 0.250. The van der Waals surface area contributed by atoms with Crippen molar-refractivity contribution in [1.29, 1.82) is 0 Å². The number of carbonyl (C=O) groups excluding carboxylic acids is 1. The van der Waals surface area contributed by atoms with E-state index in [0.717, 1.165) is 22.8 Å². The third-order valence-electron chi connectivity index (χ3n) is 3.36. The fourth-order valence-corrected chi connectivity index (χ4v) is 4.50. The number of amides is 1. The van der Waals surface area contributed by atoms with Crippen molar-refractivity contribution in [2.24, 2.45) is 0 Å². The third-order valence-corrected chi connectivity index (χ3v) is 5.99. The minimum absolute atomic E-state index is 0.00619. The summed E-state index contributed by atoms with van der Waals surface area (Å²) in [6, 6.07) is 6.40. The maximum absolute atomic E-state index is 11.6. The maximum atomic E-state index is 11.6. The van der Waals surface area contributed by atoms with E-state index in [1.165, 1.54) is 27.2 Å². The molecule has 0 unspecified atom stereocenters. The summed E-state index contributed by atoms with van der Waals surface area (Å²) in [6.45, 7) is 1.08. The van der Waals surface area contributed by atoms with E-state index < -0.39 is 0 Å². The molecule has 1 aromatic rings. The number of rotatable bonds is 1. The Morgan fingerprint density at radius 2 is 2.15 bits per heavy atom. The Morgan fingerprint density at radius 1 is 1.35 bits per heavy atom. The first-order valence-electron chi connectivity index (χ1n) is 6.26. The SMILES string of the molecule is CN1C(=O)S/C(=C\c2ccc3c(c2)SCCN3C)C1=S. The van der Waals surface area contributed by atoms with E-state index in [-0.39, 0.29) is 5.24 Å². The van der Waals surface area contributed by atoms with Gasteiger partial charge in [0, 0.05) is 31.3 Å². The molecule has 6 heteroatoms. The highest BCUT2D eigenvalue weighted by molar-refractivity contribution is 8.19. The van der Waals surface area contributed by atoms with Crippen LogP contribution in [0.1, 0.15) is 5.56 Å². The molecule has 0 radical (unpaired) electrons. The zero-order chi connectivity index (χ0) is 14.3. The molecule has 1 fully saturated rings. The summed E-state index contributed by atoms with van der Waals surface area (Å²) >= 11 is 8.36. The monoisotopic (exact) mass is 322 g/mol. The van der Waals surface area contributed by atoms with E-state index in [4.69, 9.17) is 12.2 Å². The van der Waals surface area contributed by atoms with Crippen LogP contribution >= 0.6 is 35.7 Å². The number of hydrogen-bond acceptors (Lipinski definition) is 5. The van der Waals surface area contributed by atoms with Crippen molar-refractivity contribution < 1.29 is 4.79 Å². The highest BCUT2D eigenvalue weighted by atomic mass is 32.2. The highest BCUT2D eigenvalue weighted by Crippen LogP contribution is 2.37. The smallest absolute Gasteiger partial charge is 0.291 e. The van der Waals surface area contributed by atoms with Crippen molar-refractivity contribution in [3.8, 4) is 0 Å². The van der Waals surface area contributed by atoms with E-state index in [1.54, 1.807) is 7.05 Å². The first-order chi connectivity index (χ1) is 9.56. The zero-order valence-electron chi connectivity index (χ0n) is 11.3. The first-order valence-corrected chi connectivity index (χ1v) is 8.47. The Kier molecular flexibility index (Phi) is 3.79. The minimum atomic E-state index is -0.00619. The second kappa shape index (κ2) is 5.42. The number of benzene rings is 1. The summed E-state index contributed by atoms with van der Waals surface area (Å²) in [5.74, 6) is 1.11. The van der Waals surface area contributed by atoms with E-state index in [0.29, 0.717) is 4.99 Å². The van der Waals surface area contributed by atoms with Crippen molar-refractivity contribution in [1.82, 2.24) is 4.90 Å². The number of likely N-dealkylation sites (N-methyl/N-ethyl adjacent to an activating group) is 1. The molecular weight excluding hydrogens is 308 g/mol. The van der Waals surface area contributed by atoms with Crippen LogP contribution in [0, 0.1) is 0 Å². The topological polar surface area (TPSA) is 23.6 Å². The van der Waals surface area contributed by atoms with Crippen LogP contribution in [0.5, 0.6) is 0 Å². The standard InChI is InChI=1S/C14H14N2OS3/c1-15-5-6-19-11-7-9(3-4-10(11)15)8-12-13(18)16(2)14(17)20-12/h3-4,7-8H,5-6H2,1-2H3/b12-8-. The van der Waals surface area contributed by atoms with E-state index >= 15 is 0 Å². The zero-order valence-corrected chi connectivity index (χ0v) is 13.7. The average Bonchev–Trinajstić information content (AvgIpc) is 2.67. The molecule has 3 nitrogen and oxygen atoms in total. The Bertz CT molecular complexity index is 627. The van der Waals surface area contributed by atoms with Gasteiger partial charge in [-0.25, -0.2) is 0 Å². The van der Waals surface area contributed by atoms with Crippen molar-refractivity contribution in [3.05, 3.63) is 28.7 Å². The number of fused-ring (bicyclic) bond motifs is 1. The molecule has 3 rings (SSSR count). The van der Waals surface area contributed by atoms with Crippen LogP contribution < -0.4 is 4.90 Å². The van der Waals surface area contributed by atoms with Gasteiger partial charge in [-0.1, -0.05) is 18.3 Å². The average molecular weight is 322 g/mol. The predicted octanol–water partition coefficient (Wildman–Crippen LogP) is 3.70. The second-order valence-corrected chi connectivity index (χ2v) is 7.25. The number of anilines is 1. The molecular formula is C14H14N2OS3. The van der Waals surface area contributed by atoms with Gasteiger partial charge >= 0.3 is 0 Å². The van der Waals surface area contributed by atoms with Gasteiger partial charge in [0.25, 0.3) is 5.24 Å². The van der Waals surface area contributed by atoms with Crippen molar-refractivity contribution in [2.75, 3.05) is 31.3 Å². The molecule has 2 heterocycles. The minimum Gasteiger partial charge on any atom is -0.373 e. The number of carbonyl (C=O) groups is 1. The van der Waals surface area contributed by atoms with Gasteiger partial charge in [-0.15, -0.1) is 11.8 Å². The molecule has 1 amide bonds. The maximum Gasteiger partial charge on any atom is 0.291 e. The largest absolute Gasteiger partial charge is 0.373 e. The second-order valence-electron chi connectivity index (χ2n) is 4.74. The van der Waals surface area contributed by atoms with Crippen LogP contribution in [0.15, 0.2) is 28.0 Å². The van der Waals surface area contributed by atoms with Crippen LogP contribution in [0.4, 0.5) is 10.5 Å². The van der Waals surface area contributed by atoms with Gasteiger partial charge in [-0.3, -0.25) is 9.69 Å². The van der Waals surface area contributed by atoms with Gasteiger partial charge in [0.05, 0.1) is 10.6 Å². The van der Waals surface area contributed by atoms with E-state index in [9.17, 15) is 4.79 Å². The van der Waals surface area contributed by atoms with Crippen LogP contribution in [0.25, 0.3) is 6.08 Å². The van der Waals surface area contributed by atoms with E-state index in [2.05, 4.69) is 30.1 Å². The quantitative estimate of drug-likeness (QED) is 0.579. The Hall–Kier alpha value is -0.980. The van der Waals surface area contributed by atoms with Crippen LogP contribution in [-0.4, -0.2) is 41.5 Å². The summed E-state index contributed by atoms with van der Waals surface area (Å²) in [6.07, 6.45) is 2.00. The molecule has 0 saturated carbocycles. The van der Waals surface area contributed by atoms with Gasteiger partial charge in [-0.05, 0) is 35.5 Å². The Balaban J connectivity index is 1.93. The Labute approximate surface area is 132 Å². The lowest BCUT2D eigenvalue weighted by atomic mass is 10.1. The number of hydrogen-bond donors (Lipinski definition) is 0. The predicted molar refractivity (Wildman–Crippen MR) is 91.8 cm³/mol. The van der Waals surface area contributed by atoms with Crippen molar-refractivity contribution in [3.63, 3.8) is 0 Å². The lowest BCUT2D eigenvalue weighted by Gasteiger charge is -2.27. The van der Waals surface area contributed by atoms with Crippen LogP contribution in [-0.2, 0) is 0 Å². The molecule has 2 aliphatic rings. The Morgan fingerprint density at radius 3 is 2.85 bits per heavy atom. The highest BCUT2D eigenvalue weighted by Gasteiger charge is 2.28. The molecule has 0 N–H and O–H groups in total. The van der Waals surface area contributed by atoms with Gasteiger partial charge in [0.1, 0.15) is 4.99 Å². The van der Waals surface area contributed by atoms with Crippen LogP contribution in [0.3, 0.4) is 0 Å². The summed E-state index contributed by atoms with van der Waals surface area (Å²) < 4.78 is 0. The van der Waals surface area contributed by atoms with Gasteiger partial charge in [0.2, 0.25) is 0 Å². The molecule has 0 aromatic heterocycles. The van der Waals surface area contributed by atoms with E-state index in [1.807, 2.05) is 17.8 Å². The molecule has 20 heavy (non-hydrogen) atoms. The molecule has 104 valence electrons. The fourth-order valence-electron chi connectivity index (χ4n) is 2.16. The molecule has 0 aliphatic carbocycles. The molecule has 1 saturated heterocycles. The third kappa shape index (κ3) is 2.47. The summed E-state index contributed by atoms with van der Waals surface area (Å²) in [7, 11) is 3.84. The molecule has 1 aromatic carbocycles. The summed E-state index contributed by atoms with van der Waals surface area (Å²) in [5, 5.41) is -0.00619.